The molecule has 1 amide bonds. The molecule has 0 spiro atoms. The fourth-order valence-corrected chi connectivity index (χ4v) is 4.00. The number of halogens is 3. The Labute approximate surface area is 207 Å². The average Bonchev–Trinajstić information content (AvgIpc) is 3.23. The Morgan fingerprint density at radius 2 is 1.69 bits per heavy atom. The number of nitrogens with zero attached hydrogens (tertiary/aromatic N) is 3. The van der Waals surface area contributed by atoms with E-state index in [1.54, 1.807) is 25.7 Å². The molecule has 0 unspecified atom stereocenters. The minimum atomic E-state index is -1.28. The van der Waals surface area contributed by atoms with Gasteiger partial charge in [0.2, 0.25) is 5.95 Å². The molecule has 2 heterocycles. The van der Waals surface area contributed by atoms with Crippen LogP contribution in [0.1, 0.15) is 37.8 Å². The van der Waals surface area contributed by atoms with Crippen LogP contribution < -0.4 is 15.0 Å². The number of ether oxygens (including phenoxy) is 2. The van der Waals surface area contributed by atoms with Crippen LogP contribution in [-0.2, 0) is 11.3 Å². The molecule has 2 atom stereocenters. The SMILES string of the molecule is CC(C)(C)OC(=O)N[C@H]1CN(c2ncc(OCc3ccccc3)cn2)C[C@@H]1c1cc(F)c(F)cc1F. The molecule has 1 aliphatic rings. The Morgan fingerprint density at radius 1 is 1.03 bits per heavy atom. The van der Waals surface area contributed by atoms with Crippen molar-refractivity contribution in [3.05, 3.63) is 83.4 Å². The summed E-state index contributed by atoms with van der Waals surface area (Å²) in [7, 11) is 0. The molecule has 0 radical (unpaired) electrons. The fourth-order valence-electron chi connectivity index (χ4n) is 4.00. The molecule has 10 heteroatoms. The molecular formula is C26H27F3N4O3. The quantitative estimate of drug-likeness (QED) is 0.482. The van der Waals surface area contributed by atoms with Gasteiger partial charge in [-0.2, -0.15) is 0 Å². The molecule has 1 aliphatic heterocycles. The number of benzene rings is 2. The maximum Gasteiger partial charge on any atom is 0.407 e. The predicted octanol–water partition coefficient (Wildman–Crippen LogP) is 4.97. The van der Waals surface area contributed by atoms with E-state index >= 15 is 0 Å². The van der Waals surface area contributed by atoms with Gasteiger partial charge in [-0.25, -0.2) is 27.9 Å². The van der Waals surface area contributed by atoms with Gasteiger partial charge in [0.05, 0.1) is 18.4 Å². The third-order valence-corrected chi connectivity index (χ3v) is 5.61. The van der Waals surface area contributed by atoms with Crippen LogP contribution in [-0.4, -0.2) is 40.8 Å². The van der Waals surface area contributed by atoms with E-state index in [1.807, 2.05) is 30.3 Å². The highest BCUT2D eigenvalue weighted by molar-refractivity contribution is 5.68. The lowest BCUT2D eigenvalue weighted by Gasteiger charge is -2.24. The van der Waals surface area contributed by atoms with Crippen molar-refractivity contribution in [1.82, 2.24) is 15.3 Å². The Balaban J connectivity index is 1.52. The third-order valence-electron chi connectivity index (χ3n) is 5.61. The van der Waals surface area contributed by atoms with E-state index in [-0.39, 0.29) is 18.7 Å². The second-order valence-corrected chi connectivity index (χ2v) is 9.55. The highest BCUT2D eigenvalue weighted by atomic mass is 19.2. The zero-order valence-corrected chi connectivity index (χ0v) is 20.2. The Bertz CT molecular complexity index is 1200. The molecule has 4 rings (SSSR count). The minimum Gasteiger partial charge on any atom is -0.486 e. The van der Waals surface area contributed by atoms with Gasteiger partial charge in [0.25, 0.3) is 0 Å². The molecular weight excluding hydrogens is 473 g/mol. The van der Waals surface area contributed by atoms with Gasteiger partial charge in [-0.3, -0.25) is 0 Å². The number of alkyl carbamates (subject to hydrolysis) is 1. The summed E-state index contributed by atoms with van der Waals surface area (Å²) in [6.45, 7) is 5.87. The molecule has 1 N–H and O–H groups in total. The molecule has 1 fully saturated rings. The summed E-state index contributed by atoms with van der Waals surface area (Å²) in [6.07, 6.45) is 2.34. The number of aromatic nitrogens is 2. The molecule has 0 aliphatic carbocycles. The first-order chi connectivity index (χ1) is 17.1. The van der Waals surface area contributed by atoms with Gasteiger partial charge in [-0.15, -0.1) is 0 Å². The van der Waals surface area contributed by atoms with E-state index < -0.39 is 41.1 Å². The first-order valence-electron chi connectivity index (χ1n) is 11.5. The Morgan fingerprint density at radius 3 is 2.36 bits per heavy atom. The Hall–Kier alpha value is -3.82. The zero-order valence-electron chi connectivity index (χ0n) is 20.2. The lowest BCUT2D eigenvalue weighted by molar-refractivity contribution is 0.0504. The lowest BCUT2D eigenvalue weighted by atomic mass is 9.93. The molecule has 190 valence electrons. The number of carbonyl (C=O) groups is 1. The van der Waals surface area contributed by atoms with Crippen LogP contribution in [0.15, 0.2) is 54.9 Å². The standard InChI is InChI=1S/C26H27F3N4O3/c1-26(2,3)36-25(34)32-23-14-33(13-19(23)18-9-21(28)22(29)10-20(18)27)24-30-11-17(12-31-24)35-15-16-7-5-4-6-8-16/h4-12,19,23H,13-15H2,1-3H3,(H,32,34)/t19-,23+/m1/s1. The third kappa shape index (κ3) is 6.24. The summed E-state index contributed by atoms with van der Waals surface area (Å²) in [5.41, 5.74) is 0.193. The molecule has 0 saturated carbocycles. The minimum absolute atomic E-state index is 0.0553. The van der Waals surface area contributed by atoms with Crippen molar-refractivity contribution >= 4 is 12.0 Å². The van der Waals surface area contributed by atoms with Crippen molar-refractivity contribution in [2.45, 2.75) is 44.9 Å². The summed E-state index contributed by atoms with van der Waals surface area (Å²) < 4.78 is 53.2. The van der Waals surface area contributed by atoms with Gasteiger partial charge >= 0.3 is 6.09 Å². The maximum atomic E-state index is 14.7. The van der Waals surface area contributed by atoms with Crippen molar-refractivity contribution < 1.29 is 27.4 Å². The van der Waals surface area contributed by atoms with Crippen LogP contribution in [0.5, 0.6) is 5.75 Å². The fraction of sp³-hybridized carbons (Fsp3) is 0.346. The van der Waals surface area contributed by atoms with E-state index in [9.17, 15) is 18.0 Å². The highest BCUT2D eigenvalue weighted by Crippen LogP contribution is 2.33. The van der Waals surface area contributed by atoms with Gasteiger partial charge < -0.3 is 19.7 Å². The number of amides is 1. The van der Waals surface area contributed by atoms with Crippen LogP contribution >= 0.6 is 0 Å². The highest BCUT2D eigenvalue weighted by Gasteiger charge is 2.38. The van der Waals surface area contributed by atoms with Crippen molar-refractivity contribution in [1.29, 1.82) is 0 Å². The second kappa shape index (κ2) is 10.4. The van der Waals surface area contributed by atoms with Gasteiger partial charge in [0, 0.05) is 25.1 Å². The molecule has 0 bridgehead atoms. The van der Waals surface area contributed by atoms with Crippen LogP contribution in [0.3, 0.4) is 0 Å². The largest absolute Gasteiger partial charge is 0.486 e. The van der Waals surface area contributed by atoms with Gasteiger partial charge in [-0.1, -0.05) is 30.3 Å². The maximum absolute atomic E-state index is 14.7. The van der Waals surface area contributed by atoms with Crippen molar-refractivity contribution in [2.24, 2.45) is 0 Å². The molecule has 3 aromatic rings. The predicted molar refractivity (Wildman–Crippen MR) is 127 cm³/mol. The number of nitrogens with one attached hydrogen (secondary N) is 1. The number of anilines is 1. The van der Waals surface area contributed by atoms with E-state index in [0.29, 0.717) is 24.4 Å². The molecule has 1 aromatic heterocycles. The van der Waals surface area contributed by atoms with Crippen molar-refractivity contribution in [3.63, 3.8) is 0 Å². The average molecular weight is 501 g/mol. The van der Waals surface area contributed by atoms with E-state index in [4.69, 9.17) is 9.47 Å². The molecule has 2 aromatic carbocycles. The number of carbonyl (C=O) groups excluding carboxylic acids is 1. The van der Waals surface area contributed by atoms with Gasteiger partial charge in [0.15, 0.2) is 17.4 Å². The van der Waals surface area contributed by atoms with Crippen molar-refractivity contribution in [3.8, 4) is 5.75 Å². The normalized spacial score (nSPS) is 17.7. The van der Waals surface area contributed by atoms with Crippen LogP contribution in [0.25, 0.3) is 0 Å². The van der Waals surface area contributed by atoms with Crippen LogP contribution in [0, 0.1) is 17.5 Å². The van der Waals surface area contributed by atoms with E-state index in [0.717, 1.165) is 11.6 Å². The lowest BCUT2D eigenvalue weighted by Crippen LogP contribution is -2.43. The summed E-state index contributed by atoms with van der Waals surface area (Å²) in [6, 6.07) is 10.3. The first kappa shape index (κ1) is 25.3. The van der Waals surface area contributed by atoms with Gasteiger partial charge in [0.1, 0.15) is 18.0 Å². The number of hydrogen-bond acceptors (Lipinski definition) is 6. The van der Waals surface area contributed by atoms with E-state index in [1.165, 1.54) is 12.4 Å². The van der Waals surface area contributed by atoms with Crippen LogP contribution in [0.2, 0.25) is 0 Å². The summed E-state index contributed by atoms with van der Waals surface area (Å²) in [4.78, 5) is 22.9. The van der Waals surface area contributed by atoms with Crippen LogP contribution in [0.4, 0.5) is 23.9 Å². The topological polar surface area (TPSA) is 76.6 Å². The second-order valence-electron chi connectivity index (χ2n) is 9.55. The summed E-state index contributed by atoms with van der Waals surface area (Å²) in [5.74, 6) is -3.27. The molecule has 7 nitrogen and oxygen atoms in total. The monoisotopic (exact) mass is 500 g/mol. The number of rotatable bonds is 6. The first-order valence-corrected chi connectivity index (χ1v) is 11.5. The summed E-state index contributed by atoms with van der Waals surface area (Å²) in [5, 5.41) is 2.73. The number of hydrogen-bond donors (Lipinski definition) is 1. The zero-order chi connectivity index (χ0) is 25.9. The van der Waals surface area contributed by atoms with Gasteiger partial charge in [-0.05, 0) is 38.0 Å². The smallest absolute Gasteiger partial charge is 0.407 e. The van der Waals surface area contributed by atoms with Crippen molar-refractivity contribution in [2.75, 3.05) is 18.0 Å². The van der Waals surface area contributed by atoms with E-state index in [2.05, 4.69) is 15.3 Å². The Kier molecular flexibility index (Phi) is 7.32. The summed E-state index contributed by atoms with van der Waals surface area (Å²) >= 11 is 0. The molecule has 1 saturated heterocycles. The molecule has 36 heavy (non-hydrogen) atoms.